The molecule has 3 aromatic rings. The molecule has 0 atom stereocenters. The maximum Gasteiger partial charge on any atom is 0.133 e. The van der Waals surface area contributed by atoms with E-state index in [9.17, 15) is 0 Å². The van der Waals surface area contributed by atoms with Crippen molar-refractivity contribution < 1.29 is 9.47 Å². The number of anilines is 1. The minimum Gasteiger partial charge on any atom is -0.490 e. The maximum atomic E-state index is 6.11. The number of pyridine rings is 2. The number of hydrogen-bond acceptors (Lipinski definition) is 6. The molecule has 0 aliphatic carbocycles. The number of nitrogens with zero attached hydrogens (tertiary/aromatic N) is 4. The Balaban J connectivity index is 1.92. The molecule has 1 saturated heterocycles. The Morgan fingerprint density at radius 1 is 1.27 bits per heavy atom. The molecule has 3 aromatic heterocycles. The molecule has 136 valence electrons. The van der Waals surface area contributed by atoms with E-state index in [0.717, 1.165) is 52.5 Å². The first kappa shape index (κ1) is 16.8. The van der Waals surface area contributed by atoms with Crippen LogP contribution in [0.2, 0.25) is 0 Å². The number of fused-ring (bicyclic) bond motifs is 1. The van der Waals surface area contributed by atoms with Crippen molar-refractivity contribution in [2.45, 2.75) is 26.9 Å². The molecule has 7 heteroatoms. The summed E-state index contributed by atoms with van der Waals surface area (Å²) in [4.78, 5) is 11.8. The van der Waals surface area contributed by atoms with Gasteiger partial charge >= 0.3 is 0 Å². The summed E-state index contributed by atoms with van der Waals surface area (Å²) >= 11 is 0. The van der Waals surface area contributed by atoms with E-state index in [2.05, 4.69) is 20.1 Å². The molecule has 26 heavy (non-hydrogen) atoms. The highest BCUT2D eigenvalue weighted by atomic mass is 16.5. The van der Waals surface area contributed by atoms with Gasteiger partial charge in [-0.1, -0.05) is 0 Å². The molecule has 4 rings (SSSR count). The summed E-state index contributed by atoms with van der Waals surface area (Å²) in [5.74, 6) is 1.72. The molecule has 0 amide bonds. The predicted molar refractivity (Wildman–Crippen MR) is 101 cm³/mol. The highest BCUT2D eigenvalue weighted by Crippen LogP contribution is 2.34. The lowest BCUT2D eigenvalue weighted by atomic mass is 10.1. The third-order valence-electron chi connectivity index (χ3n) is 4.44. The van der Waals surface area contributed by atoms with E-state index in [1.807, 2.05) is 32.9 Å². The maximum absolute atomic E-state index is 6.11. The van der Waals surface area contributed by atoms with Crippen LogP contribution in [0.4, 0.5) is 5.82 Å². The van der Waals surface area contributed by atoms with Gasteiger partial charge in [-0.3, -0.25) is 10.1 Å². The van der Waals surface area contributed by atoms with Crippen molar-refractivity contribution in [3.05, 3.63) is 30.1 Å². The third kappa shape index (κ3) is 3.10. The molecule has 0 radical (unpaired) electrons. The second-order valence-corrected chi connectivity index (χ2v) is 6.73. The van der Waals surface area contributed by atoms with Gasteiger partial charge in [-0.05, 0) is 32.4 Å². The minimum absolute atomic E-state index is 0.0728. The number of hydrogen-bond donors (Lipinski definition) is 1. The van der Waals surface area contributed by atoms with Crippen molar-refractivity contribution in [3.8, 4) is 17.1 Å². The quantitative estimate of drug-likeness (QED) is 0.777. The second-order valence-electron chi connectivity index (χ2n) is 6.73. The molecule has 0 spiro atoms. The van der Waals surface area contributed by atoms with Gasteiger partial charge in [0.2, 0.25) is 0 Å². The van der Waals surface area contributed by atoms with Crippen molar-refractivity contribution in [3.63, 3.8) is 0 Å². The first-order valence-electron chi connectivity index (χ1n) is 8.93. The number of ether oxygens (including phenoxy) is 2. The summed E-state index contributed by atoms with van der Waals surface area (Å²) in [5.41, 5.74) is 3.54. The van der Waals surface area contributed by atoms with Gasteiger partial charge < -0.3 is 14.4 Å². The second kappa shape index (κ2) is 6.92. The van der Waals surface area contributed by atoms with E-state index in [1.54, 1.807) is 12.4 Å². The van der Waals surface area contributed by atoms with Crippen molar-refractivity contribution in [1.29, 1.82) is 0 Å². The molecular weight excluding hydrogens is 330 g/mol. The van der Waals surface area contributed by atoms with E-state index in [4.69, 9.17) is 14.5 Å². The van der Waals surface area contributed by atoms with E-state index < -0.39 is 0 Å². The Hall–Kier alpha value is -2.67. The summed E-state index contributed by atoms with van der Waals surface area (Å²) in [7, 11) is 0. The van der Waals surface area contributed by atoms with E-state index in [0.29, 0.717) is 13.2 Å². The van der Waals surface area contributed by atoms with Gasteiger partial charge in [-0.2, -0.15) is 5.10 Å². The summed E-state index contributed by atoms with van der Waals surface area (Å²) in [6, 6.07) is 3.98. The van der Waals surface area contributed by atoms with E-state index >= 15 is 0 Å². The van der Waals surface area contributed by atoms with Crippen LogP contribution < -0.4 is 9.64 Å². The van der Waals surface area contributed by atoms with Gasteiger partial charge in [-0.25, -0.2) is 4.98 Å². The normalized spacial score (nSPS) is 15.0. The Morgan fingerprint density at radius 2 is 2.08 bits per heavy atom. The zero-order chi connectivity index (χ0) is 18.1. The van der Waals surface area contributed by atoms with E-state index in [1.165, 1.54) is 0 Å². The predicted octanol–water partition coefficient (Wildman–Crippen LogP) is 2.95. The minimum atomic E-state index is 0.0728. The van der Waals surface area contributed by atoms with Crippen LogP contribution in [-0.2, 0) is 4.74 Å². The fourth-order valence-corrected chi connectivity index (χ4v) is 3.18. The fourth-order valence-electron chi connectivity index (χ4n) is 3.18. The van der Waals surface area contributed by atoms with Crippen LogP contribution in [0, 0.1) is 6.92 Å². The Labute approximate surface area is 152 Å². The summed E-state index contributed by atoms with van der Waals surface area (Å²) in [6.07, 6.45) is 3.66. The molecule has 4 heterocycles. The molecular formula is C19H23N5O2. The van der Waals surface area contributed by atoms with Crippen LogP contribution in [0.15, 0.2) is 24.5 Å². The van der Waals surface area contributed by atoms with Crippen LogP contribution in [0.5, 0.6) is 5.75 Å². The zero-order valence-corrected chi connectivity index (χ0v) is 15.3. The number of nitrogens with one attached hydrogen (secondary N) is 1. The SMILES string of the molecule is Cc1cn[nH]c1-c1nccc2c(OC(C)C)cc(N3CCOCC3)nc12. The molecule has 1 aliphatic heterocycles. The summed E-state index contributed by atoms with van der Waals surface area (Å²) < 4.78 is 11.6. The van der Waals surface area contributed by atoms with Gasteiger partial charge in [-0.15, -0.1) is 0 Å². The monoisotopic (exact) mass is 353 g/mol. The highest BCUT2D eigenvalue weighted by Gasteiger charge is 2.19. The van der Waals surface area contributed by atoms with E-state index in [-0.39, 0.29) is 6.10 Å². The van der Waals surface area contributed by atoms with Crippen LogP contribution in [0.1, 0.15) is 19.4 Å². The fraction of sp³-hybridized carbons (Fsp3) is 0.421. The topological polar surface area (TPSA) is 76.2 Å². The lowest BCUT2D eigenvalue weighted by Gasteiger charge is -2.28. The average molecular weight is 353 g/mol. The molecule has 7 nitrogen and oxygen atoms in total. The molecule has 0 unspecified atom stereocenters. The lowest BCUT2D eigenvalue weighted by Crippen LogP contribution is -2.36. The average Bonchev–Trinajstić information content (AvgIpc) is 3.07. The van der Waals surface area contributed by atoms with Gasteiger partial charge in [0.1, 0.15) is 22.8 Å². The van der Waals surface area contributed by atoms with Crippen molar-refractivity contribution in [2.24, 2.45) is 0 Å². The standard InChI is InChI=1S/C19H23N5O2/c1-12(2)26-15-10-16(24-6-8-25-9-7-24)22-18-14(15)4-5-20-19(18)17-13(3)11-21-23-17/h4-5,10-12H,6-9H2,1-3H3,(H,21,23). The number of H-pyrrole nitrogens is 1. The molecule has 1 aliphatic rings. The van der Waals surface area contributed by atoms with Gasteiger partial charge in [0.15, 0.2) is 0 Å². The first-order valence-corrected chi connectivity index (χ1v) is 8.93. The number of rotatable bonds is 4. The molecule has 0 aromatic carbocycles. The smallest absolute Gasteiger partial charge is 0.133 e. The lowest BCUT2D eigenvalue weighted by molar-refractivity contribution is 0.122. The van der Waals surface area contributed by atoms with Crippen LogP contribution in [-0.4, -0.2) is 52.6 Å². The Kier molecular flexibility index (Phi) is 4.46. The molecule has 1 fully saturated rings. The van der Waals surface area contributed by atoms with Gasteiger partial charge in [0, 0.05) is 30.7 Å². The summed E-state index contributed by atoms with van der Waals surface area (Å²) in [5, 5.41) is 8.14. The number of aryl methyl sites for hydroxylation is 1. The Morgan fingerprint density at radius 3 is 2.77 bits per heavy atom. The van der Waals surface area contributed by atoms with Gasteiger partial charge in [0.25, 0.3) is 0 Å². The van der Waals surface area contributed by atoms with Gasteiger partial charge in [0.05, 0.1) is 31.2 Å². The summed E-state index contributed by atoms with van der Waals surface area (Å²) in [6.45, 7) is 9.12. The molecule has 0 bridgehead atoms. The van der Waals surface area contributed by atoms with Crippen LogP contribution in [0.25, 0.3) is 22.3 Å². The number of morpholine rings is 1. The Bertz CT molecular complexity index is 915. The highest BCUT2D eigenvalue weighted by molar-refractivity contribution is 5.96. The number of aromatic nitrogens is 4. The third-order valence-corrected chi connectivity index (χ3v) is 4.44. The van der Waals surface area contributed by atoms with Crippen molar-refractivity contribution in [1.82, 2.24) is 20.2 Å². The zero-order valence-electron chi connectivity index (χ0n) is 15.3. The van der Waals surface area contributed by atoms with Crippen LogP contribution in [0.3, 0.4) is 0 Å². The first-order chi connectivity index (χ1) is 12.6. The molecule has 1 N–H and O–H groups in total. The number of aromatic amines is 1. The largest absolute Gasteiger partial charge is 0.490 e. The molecule has 0 saturated carbocycles. The van der Waals surface area contributed by atoms with Crippen LogP contribution >= 0.6 is 0 Å². The van der Waals surface area contributed by atoms with Crippen molar-refractivity contribution >= 4 is 16.7 Å². The van der Waals surface area contributed by atoms with Crippen molar-refractivity contribution in [2.75, 3.05) is 31.2 Å².